The topological polar surface area (TPSA) is 62.0 Å². The predicted molar refractivity (Wildman–Crippen MR) is 63.8 cm³/mol. The van der Waals surface area contributed by atoms with E-state index >= 15 is 0 Å². The lowest BCUT2D eigenvalue weighted by molar-refractivity contribution is 0.0528. The van der Waals surface area contributed by atoms with Gasteiger partial charge in [0, 0.05) is 13.1 Å². The van der Waals surface area contributed by atoms with E-state index in [1.165, 1.54) is 0 Å². The molecule has 2 heterocycles. The number of aromatic nitrogens is 2. The number of hydrogen-bond acceptors (Lipinski definition) is 5. The third kappa shape index (κ3) is 2.22. The van der Waals surface area contributed by atoms with E-state index in [-0.39, 0.29) is 6.10 Å². The van der Waals surface area contributed by atoms with Crippen LogP contribution in [0.15, 0.2) is 0 Å². The Balaban J connectivity index is 2.38. The second-order valence-electron chi connectivity index (χ2n) is 4.35. The number of morpholine rings is 1. The second-order valence-corrected chi connectivity index (χ2v) is 4.35. The largest absolute Gasteiger partial charge is 0.375 e. The molecule has 1 aromatic heterocycles. The van der Waals surface area contributed by atoms with E-state index in [2.05, 4.69) is 21.2 Å². The van der Waals surface area contributed by atoms with E-state index in [1.807, 2.05) is 20.8 Å². The van der Waals surface area contributed by atoms with Crippen LogP contribution in [-0.4, -0.2) is 36.0 Å². The van der Waals surface area contributed by atoms with Crippen LogP contribution in [0.5, 0.6) is 0 Å². The normalized spacial score (nSPS) is 20.1. The average Bonchev–Trinajstić information content (AvgIpc) is 2.32. The summed E-state index contributed by atoms with van der Waals surface area (Å²) in [5.74, 6) is 0.686. The lowest BCUT2D eigenvalue weighted by atomic mass is 10.1. The Labute approximate surface area is 101 Å². The molecule has 1 aliphatic rings. The minimum atomic E-state index is 0.165. The lowest BCUT2D eigenvalue weighted by Gasteiger charge is -2.32. The molecule has 0 aliphatic carbocycles. The Morgan fingerprint density at radius 2 is 2.18 bits per heavy atom. The SMILES string of the molecule is Cc1nnc(N2CCO[C@H](C)C2)c(C#N)c1C. The molecule has 0 aromatic carbocycles. The van der Waals surface area contributed by atoms with Crippen molar-refractivity contribution in [1.29, 1.82) is 5.26 Å². The minimum absolute atomic E-state index is 0.165. The van der Waals surface area contributed by atoms with Crippen LogP contribution in [0.4, 0.5) is 5.82 Å². The number of rotatable bonds is 1. The van der Waals surface area contributed by atoms with Crippen LogP contribution in [0.3, 0.4) is 0 Å². The highest BCUT2D eigenvalue weighted by Gasteiger charge is 2.22. The van der Waals surface area contributed by atoms with Crippen LogP contribution in [0, 0.1) is 25.2 Å². The van der Waals surface area contributed by atoms with Gasteiger partial charge in [0.25, 0.3) is 0 Å². The van der Waals surface area contributed by atoms with Gasteiger partial charge in [0.1, 0.15) is 11.6 Å². The molecule has 0 spiro atoms. The highest BCUT2D eigenvalue weighted by molar-refractivity contribution is 5.57. The van der Waals surface area contributed by atoms with Crippen LogP contribution in [0.25, 0.3) is 0 Å². The third-order valence-corrected chi connectivity index (χ3v) is 3.09. The van der Waals surface area contributed by atoms with E-state index in [0.717, 1.165) is 24.3 Å². The Morgan fingerprint density at radius 3 is 2.82 bits per heavy atom. The predicted octanol–water partition coefficient (Wildman–Crippen LogP) is 1.19. The molecule has 0 radical (unpaired) electrons. The fourth-order valence-corrected chi connectivity index (χ4v) is 1.96. The molecule has 2 rings (SSSR count). The van der Waals surface area contributed by atoms with Crippen molar-refractivity contribution in [2.45, 2.75) is 26.9 Å². The summed E-state index contributed by atoms with van der Waals surface area (Å²) in [5, 5.41) is 17.5. The van der Waals surface area contributed by atoms with Gasteiger partial charge in [-0.1, -0.05) is 0 Å². The second kappa shape index (κ2) is 4.68. The summed E-state index contributed by atoms with van der Waals surface area (Å²) >= 11 is 0. The maximum Gasteiger partial charge on any atom is 0.169 e. The molecule has 17 heavy (non-hydrogen) atoms. The first-order chi connectivity index (χ1) is 8.13. The first-order valence-electron chi connectivity index (χ1n) is 5.74. The Kier molecular flexibility index (Phi) is 3.25. The van der Waals surface area contributed by atoms with Gasteiger partial charge < -0.3 is 9.64 Å². The van der Waals surface area contributed by atoms with Crippen molar-refractivity contribution in [3.05, 3.63) is 16.8 Å². The quantitative estimate of drug-likeness (QED) is 0.727. The maximum atomic E-state index is 9.24. The van der Waals surface area contributed by atoms with Gasteiger partial charge in [0.15, 0.2) is 5.82 Å². The summed E-state index contributed by atoms with van der Waals surface area (Å²) in [6.45, 7) is 7.99. The summed E-state index contributed by atoms with van der Waals surface area (Å²) in [5.41, 5.74) is 2.36. The molecule has 1 aromatic rings. The molecule has 1 aliphatic heterocycles. The van der Waals surface area contributed by atoms with Crippen molar-refractivity contribution in [2.24, 2.45) is 0 Å². The molecule has 5 heteroatoms. The van der Waals surface area contributed by atoms with Crippen molar-refractivity contribution < 1.29 is 4.74 Å². The molecule has 0 N–H and O–H groups in total. The van der Waals surface area contributed by atoms with Gasteiger partial charge in [0.05, 0.1) is 18.4 Å². The van der Waals surface area contributed by atoms with Gasteiger partial charge in [0.2, 0.25) is 0 Å². The lowest BCUT2D eigenvalue weighted by Crippen LogP contribution is -2.42. The first kappa shape index (κ1) is 11.8. The average molecular weight is 232 g/mol. The number of hydrogen-bond donors (Lipinski definition) is 0. The number of ether oxygens (including phenoxy) is 1. The molecule has 0 saturated carbocycles. The summed E-state index contributed by atoms with van der Waals surface area (Å²) in [4.78, 5) is 2.08. The maximum absolute atomic E-state index is 9.24. The fourth-order valence-electron chi connectivity index (χ4n) is 1.96. The standard InChI is InChI=1S/C12H16N4O/c1-8-7-16(4-5-17-8)12-11(6-13)9(2)10(3)14-15-12/h8H,4-5,7H2,1-3H3/t8-/m1/s1. The molecule has 1 saturated heterocycles. The third-order valence-electron chi connectivity index (χ3n) is 3.09. The Bertz CT molecular complexity index is 466. The number of anilines is 1. The summed E-state index contributed by atoms with van der Waals surface area (Å²) in [6, 6.07) is 2.23. The van der Waals surface area contributed by atoms with Gasteiger partial charge in [-0.3, -0.25) is 0 Å². The van der Waals surface area contributed by atoms with Crippen LogP contribution in [-0.2, 0) is 4.74 Å². The van der Waals surface area contributed by atoms with E-state index in [1.54, 1.807) is 0 Å². The van der Waals surface area contributed by atoms with Crippen molar-refractivity contribution in [3.8, 4) is 6.07 Å². The van der Waals surface area contributed by atoms with Crippen LogP contribution < -0.4 is 4.90 Å². The first-order valence-corrected chi connectivity index (χ1v) is 5.74. The van der Waals surface area contributed by atoms with E-state index in [0.29, 0.717) is 18.0 Å². The van der Waals surface area contributed by atoms with E-state index in [9.17, 15) is 5.26 Å². The summed E-state index contributed by atoms with van der Waals surface area (Å²) in [7, 11) is 0. The van der Waals surface area contributed by atoms with Crippen molar-refractivity contribution >= 4 is 5.82 Å². The number of nitrogens with zero attached hydrogens (tertiary/aromatic N) is 4. The van der Waals surface area contributed by atoms with Crippen molar-refractivity contribution in [3.63, 3.8) is 0 Å². The summed E-state index contributed by atoms with van der Waals surface area (Å²) in [6.07, 6.45) is 0.165. The zero-order valence-electron chi connectivity index (χ0n) is 10.4. The van der Waals surface area contributed by atoms with Gasteiger partial charge >= 0.3 is 0 Å². The Hall–Kier alpha value is -1.67. The van der Waals surface area contributed by atoms with Gasteiger partial charge in [-0.15, -0.1) is 5.10 Å². The van der Waals surface area contributed by atoms with Crippen LogP contribution in [0.2, 0.25) is 0 Å². The molecule has 1 fully saturated rings. The van der Waals surface area contributed by atoms with Crippen LogP contribution >= 0.6 is 0 Å². The highest BCUT2D eigenvalue weighted by atomic mass is 16.5. The van der Waals surface area contributed by atoms with Crippen molar-refractivity contribution in [1.82, 2.24) is 10.2 Å². The number of aryl methyl sites for hydroxylation is 1. The molecule has 0 bridgehead atoms. The fraction of sp³-hybridized carbons (Fsp3) is 0.583. The van der Waals surface area contributed by atoms with E-state index in [4.69, 9.17) is 4.74 Å². The molecular formula is C12H16N4O. The summed E-state index contributed by atoms with van der Waals surface area (Å²) < 4.78 is 5.48. The molecule has 0 unspecified atom stereocenters. The molecule has 1 atom stereocenters. The van der Waals surface area contributed by atoms with Gasteiger partial charge in [-0.25, -0.2) is 0 Å². The number of nitriles is 1. The zero-order chi connectivity index (χ0) is 12.4. The molecular weight excluding hydrogens is 216 g/mol. The monoisotopic (exact) mass is 232 g/mol. The minimum Gasteiger partial charge on any atom is -0.375 e. The van der Waals surface area contributed by atoms with Gasteiger partial charge in [-0.2, -0.15) is 10.4 Å². The van der Waals surface area contributed by atoms with Crippen LogP contribution in [0.1, 0.15) is 23.7 Å². The smallest absolute Gasteiger partial charge is 0.169 e. The molecule has 5 nitrogen and oxygen atoms in total. The molecule has 90 valence electrons. The van der Waals surface area contributed by atoms with Gasteiger partial charge in [-0.05, 0) is 26.3 Å². The molecule has 0 amide bonds. The van der Waals surface area contributed by atoms with E-state index < -0.39 is 0 Å². The highest BCUT2D eigenvalue weighted by Crippen LogP contribution is 2.22. The Morgan fingerprint density at radius 1 is 1.41 bits per heavy atom. The zero-order valence-corrected chi connectivity index (χ0v) is 10.4. The van der Waals surface area contributed by atoms with Crippen molar-refractivity contribution in [2.75, 3.05) is 24.6 Å².